The van der Waals surface area contributed by atoms with Crippen LogP contribution in [0.1, 0.15) is 42.7 Å². The Labute approximate surface area is 173 Å². The van der Waals surface area contributed by atoms with Gasteiger partial charge in [0.2, 0.25) is 10.0 Å². The summed E-state index contributed by atoms with van der Waals surface area (Å²) in [6, 6.07) is 9.66. The van der Waals surface area contributed by atoms with E-state index in [0.29, 0.717) is 25.3 Å². The van der Waals surface area contributed by atoms with Crippen molar-refractivity contribution in [2.24, 2.45) is 7.05 Å². The number of nitrogens with one attached hydrogen (secondary N) is 1. The van der Waals surface area contributed by atoms with E-state index in [0.717, 1.165) is 18.7 Å². The Balaban J connectivity index is 1.66. The fourth-order valence-corrected chi connectivity index (χ4v) is 5.22. The van der Waals surface area contributed by atoms with E-state index in [4.69, 9.17) is 0 Å². The van der Waals surface area contributed by atoms with Gasteiger partial charge in [0.25, 0.3) is 5.91 Å². The number of anilines is 1. The van der Waals surface area contributed by atoms with E-state index >= 15 is 0 Å². The van der Waals surface area contributed by atoms with E-state index in [1.165, 1.54) is 35.1 Å². The van der Waals surface area contributed by atoms with Crippen molar-refractivity contribution >= 4 is 21.6 Å². The molecule has 1 aromatic heterocycles. The summed E-state index contributed by atoms with van der Waals surface area (Å²) < 4.78 is 28.3. The number of amides is 1. The monoisotopic (exact) mass is 418 g/mol. The van der Waals surface area contributed by atoms with E-state index in [9.17, 15) is 13.2 Å². The Bertz CT molecular complexity index is 941. The summed E-state index contributed by atoms with van der Waals surface area (Å²) in [5.41, 5.74) is 2.54. The average Bonchev–Trinajstić information content (AvgIpc) is 3.37. The third kappa shape index (κ3) is 4.64. The van der Waals surface area contributed by atoms with Crippen molar-refractivity contribution in [1.82, 2.24) is 14.2 Å². The van der Waals surface area contributed by atoms with E-state index < -0.39 is 10.0 Å². The molecular formula is C21H30N4O3S. The Hall–Kier alpha value is -2.32. The minimum atomic E-state index is -3.59. The van der Waals surface area contributed by atoms with Crippen LogP contribution in [-0.4, -0.2) is 49.4 Å². The molecule has 2 aromatic rings. The molecule has 1 amide bonds. The maximum Gasteiger partial charge on any atom is 0.268 e. The lowest BCUT2D eigenvalue weighted by atomic mass is 10.2. The number of nitrogens with zero attached hydrogens (tertiary/aromatic N) is 3. The van der Waals surface area contributed by atoms with Gasteiger partial charge in [-0.2, -0.15) is 4.31 Å². The van der Waals surface area contributed by atoms with Crippen molar-refractivity contribution in [3.8, 4) is 0 Å². The molecule has 8 heteroatoms. The Morgan fingerprint density at radius 2 is 1.72 bits per heavy atom. The predicted octanol–water partition coefficient (Wildman–Crippen LogP) is 2.59. The fourth-order valence-electron chi connectivity index (χ4n) is 3.69. The highest BCUT2D eigenvalue weighted by Crippen LogP contribution is 2.21. The van der Waals surface area contributed by atoms with Crippen molar-refractivity contribution in [3.63, 3.8) is 0 Å². The van der Waals surface area contributed by atoms with Gasteiger partial charge in [-0.05, 0) is 36.6 Å². The number of hydrogen-bond acceptors (Lipinski definition) is 4. The Morgan fingerprint density at radius 1 is 1.10 bits per heavy atom. The topological polar surface area (TPSA) is 74.7 Å². The summed E-state index contributed by atoms with van der Waals surface area (Å²) in [7, 11) is -1.91. The molecule has 1 saturated heterocycles. The zero-order chi connectivity index (χ0) is 21.0. The molecule has 2 heterocycles. The number of rotatable bonds is 8. The maximum atomic E-state index is 12.7. The lowest BCUT2D eigenvalue weighted by Crippen LogP contribution is -2.30. The van der Waals surface area contributed by atoms with Gasteiger partial charge in [-0.1, -0.05) is 26.0 Å². The van der Waals surface area contributed by atoms with Gasteiger partial charge in [0, 0.05) is 51.7 Å². The van der Waals surface area contributed by atoms with Crippen LogP contribution in [0, 0.1) is 0 Å². The van der Waals surface area contributed by atoms with E-state index in [1.54, 1.807) is 25.5 Å². The first-order valence-corrected chi connectivity index (χ1v) is 11.6. The van der Waals surface area contributed by atoms with Crippen LogP contribution in [-0.2, 0) is 23.6 Å². The molecule has 158 valence electrons. The van der Waals surface area contributed by atoms with Crippen LogP contribution in [0.25, 0.3) is 0 Å². The minimum Gasteiger partial charge on any atom is -0.372 e. The predicted molar refractivity (Wildman–Crippen MR) is 115 cm³/mol. The molecule has 0 bridgehead atoms. The maximum absolute atomic E-state index is 12.7. The van der Waals surface area contributed by atoms with Crippen LogP contribution in [0.2, 0.25) is 0 Å². The van der Waals surface area contributed by atoms with E-state index in [1.807, 2.05) is 12.1 Å². The molecule has 7 nitrogen and oxygen atoms in total. The standard InChI is InChI=1S/C21H30N4O3S/c1-4-25(5-2)29(27,28)19-14-20(23(3)16-19)21(26)22-15-17-8-10-18(11-9-17)24-12-6-7-13-24/h8-11,14,16H,4-7,12-13,15H2,1-3H3,(H,22,26). The number of aromatic nitrogens is 1. The number of carbonyl (C=O) groups excluding carboxylic acids is 1. The smallest absolute Gasteiger partial charge is 0.268 e. The van der Waals surface area contributed by atoms with Crippen LogP contribution >= 0.6 is 0 Å². The van der Waals surface area contributed by atoms with Crippen molar-refractivity contribution in [2.45, 2.75) is 38.1 Å². The molecule has 0 saturated carbocycles. The molecule has 0 spiro atoms. The van der Waals surface area contributed by atoms with Gasteiger partial charge in [0.15, 0.2) is 0 Å². The highest BCUT2D eigenvalue weighted by atomic mass is 32.2. The molecule has 1 N–H and O–H groups in total. The summed E-state index contributed by atoms with van der Waals surface area (Å²) in [5.74, 6) is -0.294. The fraction of sp³-hybridized carbons (Fsp3) is 0.476. The molecule has 0 atom stereocenters. The van der Waals surface area contributed by atoms with Crippen molar-refractivity contribution in [2.75, 3.05) is 31.1 Å². The quantitative estimate of drug-likeness (QED) is 0.715. The van der Waals surface area contributed by atoms with Crippen LogP contribution in [0.15, 0.2) is 41.4 Å². The lowest BCUT2D eigenvalue weighted by Gasteiger charge is -2.17. The summed E-state index contributed by atoms with van der Waals surface area (Å²) >= 11 is 0. The summed E-state index contributed by atoms with van der Waals surface area (Å²) in [6.07, 6.45) is 3.97. The molecule has 0 aliphatic carbocycles. The first kappa shape index (κ1) is 21.4. The minimum absolute atomic E-state index is 0.142. The highest BCUT2D eigenvalue weighted by Gasteiger charge is 2.25. The molecule has 0 unspecified atom stereocenters. The van der Waals surface area contributed by atoms with Gasteiger partial charge in [-0.25, -0.2) is 8.42 Å². The van der Waals surface area contributed by atoms with Crippen molar-refractivity contribution in [1.29, 1.82) is 0 Å². The molecule has 29 heavy (non-hydrogen) atoms. The first-order chi connectivity index (χ1) is 13.9. The van der Waals surface area contributed by atoms with Crippen LogP contribution in [0.3, 0.4) is 0 Å². The molecule has 1 fully saturated rings. The van der Waals surface area contributed by atoms with Gasteiger partial charge in [-0.3, -0.25) is 4.79 Å². The highest BCUT2D eigenvalue weighted by molar-refractivity contribution is 7.89. The second-order valence-electron chi connectivity index (χ2n) is 7.30. The Morgan fingerprint density at radius 3 is 2.31 bits per heavy atom. The zero-order valence-electron chi connectivity index (χ0n) is 17.4. The zero-order valence-corrected chi connectivity index (χ0v) is 18.2. The van der Waals surface area contributed by atoms with Crippen LogP contribution in [0.5, 0.6) is 0 Å². The molecule has 1 aliphatic heterocycles. The normalized spacial score (nSPS) is 14.6. The molecule has 1 aromatic carbocycles. The molecular weight excluding hydrogens is 388 g/mol. The molecule has 1 aliphatic rings. The van der Waals surface area contributed by atoms with Gasteiger partial charge < -0.3 is 14.8 Å². The number of sulfonamides is 1. The van der Waals surface area contributed by atoms with Crippen molar-refractivity contribution in [3.05, 3.63) is 47.8 Å². The second kappa shape index (κ2) is 9.00. The van der Waals surface area contributed by atoms with E-state index in [2.05, 4.69) is 22.3 Å². The molecule has 3 rings (SSSR count). The average molecular weight is 419 g/mol. The number of aryl methyl sites for hydroxylation is 1. The summed E-state index contributed by atoms with van der Waals surface area (Å²) in [4.78, 5) is 15.1. The van der Waals surface area contributed by atoms with Gasteiger partial charge in [-0.15, -0.1) is 0 Å². The van der Waals surface area contributed by atoms with Crippen LogP contribution < -0.4 is 10.2 Å². The second-order valence-corrected chi connectivity index (χ2v) is 9.24. The van der Waals surface area contributed by atoms with Gasteiger partial charge >= 0.3 is 0 Å². The largest absolute Gasteiger partial charge is 0.372 e. The number of benzene rings is 1. The van der Waals surface area contributed by atoms with Gasteiger partial charge in [0.05, 0.1) is 0 Å². The van der Waals surface area contributed by atoms with Crippen molar-refractivity contribution < 1.29 is 13.2 Å². The van der Waals surface area contributed by atoms with Crippen LogP contribution in [0.4, 0.5) is 5.69 Å². The summed E-state index contributed by atoms with van der Waals surface area (Å²) in [6.45, 7) is 6.97. The first-order valence-electron chi connectivity index (χ1n) is 10.2. The SMILES string of the molecule is CCN(CC)S(=O)(=O)c1cc(C(=O)NCc2ccc(N3CCCC3)cc2)n(C)c1. The number of carbonyl (C=O) groups is 1. The lowest BCUT2D eigenvalue weighted by molar-refractivity contribution is 0.0942. The third-order valence-corrected chi connectivity index (χ3v) is 7.43. The van der Waals surface area contributed by atoms with E-state index in [-0.39, 0.29) is 10.8 Å². The third-order valence-electron chi connectivity index (χ3n) is 5.42. The Kier molecular flexibility index (Phi) is 6.64. The molecule has 0 radical (unpaired) electrons. The number of hydrogen-bond donors (Lipinski definition) is 1. The summed E-state index contributed by atoms with van der Waals surface area (Å²) in [5, 5.41) is 2.89. The van der Waals surface area contributed by atoms with Gasteiger partial charge in [0.1, 0.15) is 10.6 Å².